The van der Waals surface area contributed by atoms with Gasteiger partial charge in [0.1, 0.15) is 6.04 Å². The van der Waals surface area contributed by atoms with E-state index in [1.165, 1.54) is 6.92 Å². The van der Waals surface area contributed by atoms with E-state index in [2.05, 4.69) is 10.6 Å². The van der Waals surface area contributed by atoms with Crippen LogP contribution < -0.4 is 16.4 Å². The summed E-state index contributed by atoms with van der Waals surface area (Å²) < 4.78 is 5.30. The maximum Gasteiger partial charge on any atom is 0.329 e. The number of ether oxygens (including phenoxy) is 1. The van der Waals surface area contributed by atoms with Gasteiger partial charge in [0.25, 0.3) is 5.91 Å². The smallest absolute Gasteiger partial charge is 0.329 e. The fourth-order valence-electron chi connectivity index (χ4n) is 2.87. The quantitative estimate of drug-likeness (QED) is 0.595. The van der Waals surface area contributed by atoms with Crippen molar-refractivity contribution in [2.45, 2.75) is 45.3 Å². The summed E-state index contributed by atoms with van der Waals surface area (Å²) in [4.78, 5) is 36.4. The average Bonchev–Trinajstić information content (AvgIpc) is 2.68. The van der Waals surface area contributed by atoms with Crippen LogP contribution in [0.4, 0.5) is 10.5 Å². The molecular weight excluding hydrogens is 370 g/mol. The molecule has 0 aliphatic carbocycles. The molecule has 0 unspecified atom stereocenters. The van der Waals surface area contributed by atoms with E-state index in [0.29, 0.717) is 5.69 Å². The van der Waals surface area contributed by atoms with Crippen LogP contribution >= 0.6 is 0 Å². The normalized spacial score (nSPS) is 12.7. The fraction of sp³-hybridized carbons (Fsp3) is 0.318. The van der Waals surface area contributed by atoms with Gasteiger partial charge in [-0.1, -0.05) is 62.4 Å². The molecule has 2 rings (SSSR count). The first-order chi connectivity index (χ1) is 13.8. The first kappa shape index (κ1) is 21.9. The highest BCUT2D eigenvalue weighted by atomic mass is 16.5. The summed E-state index contributed by atoms with van der Waals surface area (Å²) in [5.41, 5.74) is 7.67. The Morgan fingerprint density at radius 3 is 2.21 bits per heavy atom. The zero-order valence-electron chi connectivity index (χ0n) is 16.8. The van der Waals surface area contributed by atoms with Crippen molar-refractivity contribution in [3.05, 3.63) is 65.7 Å². The molecule has 2 atom stereocenters. The molecule has 0 aromatic heterocycles. The lowest BCUT2D eigenvalue weighted by Gasteiger charge is -2.20. The average molecular weight is 397 g/mol. The Balaban J connectivity index is 2.04. The van der Waals surface area contributed by atoms with E-state index in [1.807, 2.05) is 62.4 Å². The van der Waals surface area contributed by atoms with Crippen molar-refractivity contribution in [3.8, 4) is 0 Å². The summed E-state index contributed by atoms with van der Waals surface area (Å²) >= 11 is 0. The second kappa shape index (κ2) is 10.3. The van der Waals surface area contributed by atoms with E-state index in [1.54, 1.807) is 6.07 Å². The summed E-state index contributed by atoms with van der Waals surface area (Å²) in [5, 5.41) is 5.18. The van der Waals surface area contributed by atoms with Gasteiger partial charge >= 0.3 is 12.0 Å². The molecule has 0 bridgehead atoms. The van der Waals surface area contributed by atoms with Crippen molar-refractivity contribution in [3.63, 3.8) is 0 Å². The Kier molecular flexibility index (Phi) is 7.77. The molecule has 2 aromatic carbocycles. The number of benzene rings is 2. The van der Waals surface area contributed by atoms with Crippen molar-refractivity contribution in [1.82, 2.24) is 5.32 Å². The molecule has 0 saturated carbocycles. The Hall–Kier alpha value is -3.35. The number of nitrogens with two attached hydrogens (primary N) is 1. The molecule has 0 radical (unpaired) electrons. The Morgan fingerprint density at radius 2 is 1.59 bits per heavy atom. The van der Waals surface area contributed by atoms with E-state index in [-0.39, 0.29) is 12.3 Å². The zero-order valence-corrected chi connectivity index (χ0v) is 16.8. The first-order valence-electron chi connectivity index (χ1n) is 9.48. The molecule has 0 aliphatic rings. The third kappa shape index (κ3) is 6.64. The number of urea groups is 1. The molecule has 0 spiro atoms. The second-order valence-electron chi connectivity index (χ2n) is 7.06. The lowest BCUT2D eigenvalue weighted by Crippen LogP contribution is -2.47. The van der Waals surface area contributed by atoms with E-state index < -0.39 is 30.1 Å². The number of primary amides is 1. The van der Waals surface area contributed by atoms with Crippen LogP contribution in [0.15, 0.2) is 54.6 Å². The molecule has 2 aromatic rings. The second-order valence-corrected chi connectivity index (χ2v) is 7.06. The largest absolute Gasteiger partial charge is 0.451 e. The van der Waals surface area contributed by atoms with Gasteiger partial charge in [0.2, 0.25) is 0 Å². The first-order valence-corrected chi connectivity index (χ1v) is 9.48. The van der Waals surface area contributed by atoms with Gasteiger partial charge < -0.3 is 21.1 Å². The van der Waals surface area contributed by atoms with Crippen LogP contribution in [0.2, 0.25) is 0 Å². The van der Waals surface area contributed by atoms with Gasteiger partial charge in [-0.3, -0.25) is 4.79 Å². The molecule has 0 saturated heterocycles. The summed E-state index contributed by atoms with van der Waals surface area (Å²) in [6.45, 7) is 5.53. The number of esters is 1. The lowest BCUT2D eigenvalue weighted by atomic mass is 10.0. The number of para-hydroxylation sites is 1. The minimum atomic E-state index is -1.05. The van der Waals surface area contributed by atoms with Gasteiger partial charge in [-0.25, -0.2) is 9.59 Å². The van der Waals surface area contributed by atoms with Crippen LogP contribution in [0.5, 0.6) is 0 Å². The number of nitrogens with one attached hydrogen (secondary N) is 2. The molecule has 7 nitrogen and oxygen atoms in total. The monoisotopic (exact) mass is 397 g/mol. The van der Waals surface area contributed by atoms with Crippen molar-refractivity contribution in [2.24, 2.45) is 5.73 Å². The summed E-state index contributed by atoms with van der Waals surface area (Å²) in [6.07, 6.45) is -0.844. The third-order valence-corrected chi connectivity index (χ3v) is 4.39. The molecular formula is C22H27N3O4. The van der Waals surface area contributed by atoms with Crippen LogP contribution in [-0.2, 0) is 20.7 Å². The van der Waals surface area contributed by atoms with Crippen LogP contribution in [0.25, 0.3) is 0 Å². The maximum absolute atomic E-state index is 12.6. The highest BCUT2D eigenvalue weighted by Gasteiger charge is 2.26. The molecule has 29 heavy (non-hydrogen) atoms. The number of carbonyl (C=O) groups excluding carboxylic acids is 3. The molecule has 3 amide bonds. The van der Waals surface area contributed by atoms with Gasteiger partial charge in [0.15, 0.2) is 6.10 Å². The minimum Gasteiger partial charge on any atom is -0.451 e. The van der Waals surface area contributed by atoms with E-state index in [0.717, 1.165) is 11.1 Å². The Morgan fingerprint density at radius 1 is 0.966 bits per heavy atom. The van der Waals surface area contributed by atoms with Crippen molar-refractivity contribution in [1.29, 1.82) is 0 Å². The van der Waals surface area contributed by atoms with Gasteiger partial charge in [0.05, 0.1) is 0 Å². The fourth-order valence-corrected chi connectivity index (χ4v) is 2.87. The summed E-state index contributed by atoms with van der Waals surface area (Å²) in [5.74, 6) is -0.962. The van der Waals surface area contributed by atoms with Crippen molar-refractivity contribution < 1.29 is 19.1 Å². The number of hydrogen-bond donors (Lipinski definition) is 3. The highest BCUT2D eigenvalue weighted by molar-refractivity contribution is 5.96. The predicted molar refractivity (Wildman–Crippen MR) is 111 cm³/mol. The maximum atomic E-state index is 12.6. The van der Waals surface area contributed by atoms with Crippen LogP contribution in [0, 0.1) is 0 Å². The molecule has 0 heterocycles. The predicted octanol–water partition coefficient (Wildman–Crippen LogP) is 2.96. The van der Waals surface area contributed by atoms with Crippen LogP contribution in [0.1, 0.15) is 37.8 Å². The number of carbonyl (C=O) groups is 3. The molecule has 0 fully saturated rings. The SMILES string of the molecule is CC(C)c1ccccc1NC(=O)[C@@H](C)OC(=O)[C@H](Cc1ccccc1)NC(N)=O. The summed E-state index contributed by atoms with van der Waals surface area (Å²) in [7, 11) is 0. The third-order valence-electron chi connectivity index (χ3n) is 4.39. The lowest BCUT2D eigenvalue weighted by molar-refractivity contribution is -0.155. The molecule has 4 N–H and O–H groups in total. The molecule has 0 aliphatic heterocycles. The number of hydrogen-bond acceptors (Lipinski definition) is 4. The summed E-state index contributed by atoms with van der Waals surface area (Å²) in [6, 6.07) is 14.8. The Bertz CT molecular complexity index is 852. The molecule has 154 valence electrons. The van der Waals surface area contributed by atoms with Crippen LogP contribution in [-0.4, -0.2) is 30.1 Å². The Labute approximate surface area is 170 Å². The minimum absolute atomic E-state index is 0.202. The number of rotatable bonds is 8. The number of anilines is 1. The van der Waals surface area contributed by atoms with Gasteiger partial charge in [-0.05, 0) is 30.0 Å². The highest BCUT2D eigenvalue weighted by Crippen LogP contribution is 2.23. The topological polar surface area (TPSA) is 111 Å². The number of amides is 3. The van der Waals surface area contributed by atoms with Gasteiger partial charge in [-0.2, -0.15) is 0 Å². The van der Waals surface area contributed by atoms with E-state index in [9.17, 15) is 14.4 Å². The van der Waals surface area contributed by atoms with Gasteiger partial charge in [0, 0.05) is 12.1 Å². The van der Waals surface area contributed by atoms with E-state index >= 15 is 0 Å². The van der Waals surface area contributed by atoms with Crippen molar-refractivity contribution >= 4 is 23.6 Å². The van der Waals surface area contributed by atoms with Gasteiger partial charge in [-0.15, -0.1) is 0 Å². The zero-order chi connectivity index (χ0) is 21.4. The van der Waals surface area contributed by atoms with Crippen LogP contribution in [0.3, 0.4) is 0 Å². The molecule has 7 heteroatoms. The van der Waals surface area contributed by atoms with E-state index in [4.69, 9.17) is 10.5 Å². The van der Waals surface area contributed by atoms with Crippen molar-refractivity contribution in [2.75, 3.05) is 5.32 Å². The standard InChI is InChI=1S/C22H27N3O4/c1-14(2)17-11-7-8-12-18(17)24-20(26)15(3)29-21(27)19(25-22(23)28)13-16-9-5-4-6-10-16/h4-12,14-15,19H,13H2,1-3H3,(H,24,26)(H3,23,25,28)/t15-,19+/m1/s1.